The van der Waals surface area contributed by atoms with Crippen molar-refractivity contribution in [3.8, 4) is 5.75 Å². The number of aromatic carboxylic acids is 1. The summed E-state index contributed by atoms with van der Waals surface area (Å²) < 4.78 is 7.19. The van der Waals surface area contributed by atoms with E-state index in [0.29, 0.717) is 5.82 Å². The molecule has 2 aromatic rings. The van der Waals surface area contributed by atoms with Crippen molar-refractivity contribution in [2.75, 3.05) is 0 Å². The van der Waals surface area contributed by atoms with Crippen molar-refractivity contribution in [2.45, 2.75) is 13.5 Å². The van der Waals surface area contributed by atoms with Crippen LogP contribution in [-0.4, -0.2) is 30.8 Å². The van der Waals surface area contributed by atoms with Gasteiger partial charge in [0.05, 0.1) is 0 Å². The van der Waals surface area contributed by atoms with Gasteiger partial charge in [-0.05, 0) is 19.1 Å². The van der Waals surface area contributed by atoms with Crippen molar-refractivity contribution in [3.05, 3.63) is 35.7 Å². The standard InChI is InChI=1S/C11H12N4O3/c1-7-13-14-9(15(7)2)6-18-8-4-3-5-12-10(8)11(16)17/h3-5H,6H2,1-2H3,(H,16,17). The molecule has 0 aliphatic rings. The molecule has 0 aliphatic carbocycles. The van der Waals surface area contributed by atoms with Crippen molar-refractivity contribution in [3.63, 3.8) is 0 Å². The smallest absolute Gasteiger partial charge is 0.358 e. The Balaban J connectivity index is 2.16. The van der Waals surface area contributed by atoms with Gasteiger partial charge in [0.1, 0.15) is 12.4 Å². The number of pyridine rings is 1. The average molecular weight is 248 g/mol. The Morgan fingerprint density at radius 2 is 2.28 bits per heavy atom. The van der Waals surface area contributed by atoms with E-state index in [0.717, 1.165) is 5.82 Å². The molecule has 7 nitrogen and oxygen atoms in total. The number of ether oxygens (including phenoxy) is 1. The lowest BCUT2D eigenvalue weighted by molar-refractivity contribution is 0.0684. The quantitative estimate of drug-likeness (QED) is 0.860. The third-order valence-corrected chi connectivity index (χ3v) is 2.51. The molecule has 0 radical (unpaired) electrons. The molecule has 0 amide bonds. The fraction of sp³-hybridized carbons (Fsp3) is 0.273. The molecule has 0 saturated carbocycles. The van der Waals surface area contributed by atoms with E-state index >= 15 is 0 Å². The first-order valence-electron chi connectivity index (χ1n) is 5.25. The topological polar surface area (TPSA) is 90.1 Å². The minimum Gasteiger partial charge on any atom is -0.483 e. The van der Waals surface area contributed by atoms with Crippen LogP contribution in [0.5, 0.6) is 5.75 Å². The molecule has 2 rings (SSSR count). The van der Waals surface area contributed by atoms with Crippen LogP contribution in [0.3, 0.4) is 0 Å². The predicted molar refractivity (Wildman–Crippen MR) is 61.3 cm³/mol. The predicted octanol–water partition coefficient (Wildman–Crippen LogP) is 0.796. The lowest BCUT2D eigenvalue weighted by Crippen LogP contribution is -2.08. The molecule has 18 heavy (non-hydrogen) atoms. The number of aromatic nitrogens is 4. The molecule has 7 heteroatoms. The summed E-state index contributed by atoms with van der Waals surface area (Å²) in [6, 6.07) is 3.17. The van der Waals surface area contributed by atoms with Gasteiger partial charge in [-0.1, -0.05) is 0 Å². The fourth-order valence-electron chi connectivity index (χ4n) is 1.39. The highest BCUT2D eigenvalue weighted by atomic mass is 16.5. The third kappa shape index (κ3) is 2.29. The highest BCUT2D eigenvalue weighted by Crippen LogP contribution is 2.16. The van der Waals surface area contributed by atoms with E-state index in [-0.39, 0.29) is 18.1 Å². The number of carboxylic acid groups (broad SMARTS) is 1. The van der Waals surface area contributed by atoms with Crippen LogP contribution in [0.4, 0.5) is 0 Å². The van der Waals surface area contributed by atoms with Crippen LogP contribution < -0.4 is 4.74 Å². The summed E-state index contributed by atoms with van der Waals surface area (Å²) in [5, 5.41) is 16.8. The second kappa shape index (κ2) is 4.82. The second-order valence-corrected chi connectivity index (χ2v) is 3.67. The molecular weight excluding hydrogens is 236 g/mol. The van der Waals surface area contributed by atoms with Crippen molar-refractivity contribution in [1.29, 1.82) is 0 Å². The van der Waals surface area contributed by atoms with Crippen LogP contribution >= 0.6 is 0 Å². The molecule has 0 fully saturated rings. The van der Waals surface area contributed by atoms with Crippen LogP contribution in [0.1, 0.15) is 22.1 Å². The molecule has 2 aromatic heterocycles. The second-order valence-electron chi connectivity index (χ2n) is 3.67. The van der Waals surface area contributed by atoms with Crippen molar-refractivity contribution < 1.29 is 14.6 Å². The van der Waals surface area contributed by atoms with Crippen LogP contribution in [0, 0.1) is 6.92 Å². The normalized spacial score (nSPS) is 10.3. The molecule has 0 aliphatic heterocycles. The monoisotopic (exact) mass is 248 g/mol. The number of hydrogen-bond donors (Lipinski definition) is 1. The Bertz CT molecular complexity index is 579. The van der Waals surface area contributed by atoms with E-state index in [2.05, 4.69) is 15.2 Å². The van der Waals surface area contributed by atoms with Crippen molar-refractivity contribution in [1.82, 2.24) is 19.7 Å². The number of nitrogens with zero attached hydrogens (tertiary/aromatic N) is 4. The summed E-state index contributed by atoms with van der Waals surface area (Å²) in [5.74, 6) is 0.469. The van der Waals surface area contributed by atoms with E-state index < -0.39 is 5.97 Å². The number of aryl methyl sites for hydroxylation is 1. The summed E-state index contributed by atoms with van der Waals surface area (Å²) in [6.45, 7) is 1.96. The third-order valence-electron chi connectivity index (χ3n) is 2.51. The van der Waals surface area contributed by atoms with Crippen LogP contribution in [-0.2, 0) is 13.7 Å². The maximum atomic E-state index is 10.9. The van der Waals surface area contributed by atoms with Gasteiger partial charge in [0.15, 0.2) is 17.3 Å². The maximum absolute atomic E-state index is 10.9. The molecule has 1 N–H and O–H groups in total. The highest BCUT2D eigenvalue weighted by Gasteiger charge is 2.13. The van der Waals surface area contributed by atoms with E-state index in [9.17, 15) is 4.79 Å². The van der Waals surface area contributed by atoms with Gasteiger partial charge in [0, 0.05) is 13.2 Å². The molecule has 0 spiro atoms. The van der Waals surface area contributed by atoms with Crippen LogP contribution in [0.15, 0.2) is 18.3 Å². The summed E-state index contributed by atoms with van der Waals surface area (Å²) in [7, 11) is 1.81. The number of carboxylic acids is 1. The van der Waals surface area contributed by atoms with Gasteiger partial charge in [-0.2, -0.15) is 0 Å². The van der Waals surface area contributed by atoms with Crippen LogP contribution in [0.2, 0.25) is 0 Å². The first-order valence-corrected chi connectivity index (χ1v) is 5.25. The lowest BCUT2D eigenvalue weighted by Gasteiger charge is -2.07. The Morgan fingerprint density at radius 1 is 1.50 bits per heavy atom. The van der Waals surface area contributed by atoms with E-state index in [1.54, 1.807) is 16.7 Å². The minimum absolute atomic E-state index is 0.114. The van der Waals surface area contributed by atoms with Gasteiger partial charge in [-0.25, -0.2) is 9.78 Å². The molecule has 2 heterocycles. The zero-order chi connectivity index (χ0) is 13.1. The first-order chi connectivity index (χ1) is 8.59. The fourth-order valence-corrected chi connectivity index (χ4v) is 1.39. The highest BCUT2D eigenvalue weighted by molar-refractivity contribution is 5.88. The molecular formula is C11H12N4O3. The van der Waals surface area contributed by atoms with Crippen molar-refractivity contribution in [2.24, 2.45) is 7.05 Å². The molecule has 0 saturated heterocycles. The number of carbonyl (C=O) groups is 1. The minimum atomic E-state index is -1.13. The van der Waals surface area contributed by atoms with Crippen molar-refractivity contribution >= 4 is 5.97 Å². The molecule has 0 atom stereocenters. The van der Waals surface area contributed by atoms with Gasteiger partial charge >= 0.3 is 5.97 Å². The summed E-state index contributed by atoms with van der Waals surface area (Å²) in [5.41, 5.74) is -0.114. The molecule has 0 bridgehead atoms. The van der Waals surface area contributed by atoms with Gasteiger partial charge in [0.2, 0.25) is 0 Å². The van der Waals surface area contributed by atoms with Crippen LogP contribution in [0.25, 0.3) is 0 Å². The van der Waals surface area contributed by atoms with Gasteiger partial charge < -0.3 is 14.4 Å². The Hall–Kier alpha value is -2.44. The zero-order valence-corrected chi connectivity index (χ0v) is 9.99. The van der Waals surface area contributed by atoms with E-state index in [4.69, 9.17) is 9.84 Å². The van der Waals surface area contributed by atoms with Gasteiger partial charge in [-0.3, -0.25) is 0 Å². The largest absolute Gasteiger partial charge is 0.483 e. The van der Waals surface area contributed by atoms with E-state index in [1.165, 1.54) is 6.20 Å². The summed E-state index contributed by atoms with van der Waals surface area (Å²) in [6.07, 6.45) is 1.41. The molecule has 0 aromatic carbocycles. The zero-order valence-electron chi connectivity index (χ0n) is 9.99. The SMILES string of the molecule is Cc1nnc(COc2cccnc2C(=O)O)n1C. The maximum Gasteiger partial charge on any atom is 0.358 e. The molecule has 0 unspecified atom stereocenters. The Labute approximate surface area is 103 Å². The summed E-state index contributed by atoms with van der Waals surface area (Å²) >= 11 is 0. The van der Waals surface area contributed by atoms with E-state index in [1.807, 2.05) is 14.0 Å². The lowest BCUT2D eigenvalue weighted by atomic mass is 10.3. The summed E-state index contributed by atoms with van der Waals surface area (Å²) in [4.78, 5) is 14.7. The average Bonchev–Trinajstić information content (AvgIpc) is 2.68. The number of rotatable bonds is 4. The van der Waals surface area contributed by atoms with Gasteiger partial charge in [-0.15, -0.1) is 10.2 Å². The molecule has 94 valence electrons. The Kier molecular flexibility index (Phi) is 3.22. The first kappa shape index (κ1) is 12.0. The number of hydrogen-bond acceptors (Lipinski definition) is 5. The Morgan fingerprint density at radius 3 is 2.89 bits per heavy atom. The van der Waals surface area contributed by atoms with Gasteiger partial charge in [0.25, 0.3) is 0 Å².